The summed E-state index contributed by atoms with van der Waals surface area (Å²) in [7, 11) is 5.17. The normalized spacial score (nSPS) is 13.8. The highest BCUT2D eigenvalue weighted by atomic mass is 16.5. The van der Waals surface area contributed by atoms with Crippen molar-refractivity contribution in [2.45, 2.75) is 25.9 Å². The summed E-state index contributed by atoms with van der Waals surface area (Å²) in [5.41, 5.74) is 1.05. The van der Waals surface area contributed by atoms with Crippen LogP contribution in [0.15, 0.2) is 24.3 Å². The molecular weight excluding hydrogens is 228 g/mol. The molecule has 2 unspecified atom stereocenters. The smallest absolute Gasteiger partial charge is 0.238 e. The zero-order valence-electron chi connectivity index (χ0n) is 11.7. The summed E-state index contributed by atoms with van der Waals surface area (Å²) in [4.78, 5) is 13.4. The van der Waals surface area contributed by atoms with Crippen molar-refractivity contribution in [2.24, 2.45) is 0 Å². The van der Waals surface area contributed by atoms with Crippen LogP contribution in [-0.4, -0.2) is 38.1 Å². The van der Waals surface area contributed by atoms with E-state index in [1.54, 1.807) is 26.1 Å². The number of carbonyl (C=O) groups is 1. The van der Waals surface area contributed by atoms with E-state index in [-0.39, 0.29) is 18.0 Å². The lowest BCUT2D eigenvalue weighted by Crippen LogP contribution is -2.42. The predicted octanol–water partition coefficient (Wildman–Crippen LogP) is 1.82. The van der Waals surface area contributed by atoms with Gasteiger partial charge in [-0.3, -0.25) is 10.1 Å². The fourth-order valence-electron chi connectivity index (χ4n) is 1.95. The van der Waals surface area contributed by atoms with Gasteiger partial charge in [0.05, 0.1) is 13.2 Å². The van der Waals surface area contributed by atoms with Gasteiger partial charge in [0.2, 0.25) is 5.91 Å². The van der Waals surface area contributed by atoms with Crippen molar-refractivity contribution in [3.05, 3.63) is 29.8 Å². The summed E-state index contributed by atoms with van der Waals surface area (Å²) in [6, 6.07) is 7.66. The molecule has 0 spiro atoms. The maximum Gasteiger partial charge on any atom is 0.238 e. The van der Waals surface area contributed by atoms with Crippen LogP contribution in [0.5, 0.6) is 5.75 Å². The van der Waals surface area contributed by atoms with Crippen molar-refractivity contribution >= 4 is 5.91 Å². The molecule has 0 saturated heterocycles. The number of rotatable bonds is 5. The third-order valence-corrected chi connectivity index (χ3v) is 2.92. The number of likely N-dealkylation sites (N-methyl/N-ethyl adjacent to an activating group) is 1. The first-order valence-corrected chi connectivity index (χ1v) is 6.07. The van der Waals surface area contributed by atoms with E-state index in [4.69, 9.17) is 4.74 Å². The SMILES string of the molecule is COc1ccccc1C(C)NC(C)C(=O)N(C)C. The van der Waals surface area contributed by atoms with E-state index in [0.717, 1.165) is 11.3 Å². The molecule has 1 N–H and O–H groups in total. The minimum absolute atomic E-state index is 0.0556. The molecule has 0 heterocycles. The highest BCUT2D eigenvalue weighted by Gasteiger charge is 2.19. The van der Waals surface area contributed by atoms with Gasteiger partial charge in [0, 0.05) is 25.7 Å². The number of nitrogens with one attached hydrogen (secondary N) is 1. The molecule has 0 bridgehead atoms. The van der Waals surface area contributed by atoms with Crippen LogP contribution in [0.25, 0.3) is 0 Å². The maximum atomic E-state index is 11.8. The van der Waals surface area contributed by atoms with Crippen molar-refractivity contribution in [1.82, 2.24) is 10.2 Å². The fraction of sp³-hybridized carbons (Fsp3) is 0.500. The summed E-state index contributed by atoms with van der Waals surface area (Å²) in [5, 5.41) is 3.28. The largest absolute Gasteiger partial charge is 0.496 e. The van der Waals surface area contributed by atoms with Gasteiger partial charge in [-0.15, -0.1) is 0 Å². The van der Waals surface area contributed by atoms with Crippen LogP contribution in [0.1, 0.15) is 25.5 Å². The Morgan fingerprint density at radius 2 is 1.89 bits per heavy atom. The molecule has 1 aromatic carbocycles. The molecule has 1 rings (SSSR count). The molecule has 0 aliphatic carbocycles. The molecule has 18 heavy (non-hydrogen) atoms. The Morgan fingerprint density at radius 3 is 2.44 bits per heavy atom. The molecule has 2 atom stereocenters. The summed E-state index contributed by atoms with van der Waals surface area (Å²) in [5.74, 6) is 0.902. The van der Waals surface area contributed by atoms with Gasteiger partial charge in [0.1, 0.15) is 5.75 Å². The van der Waals surface area contributed by atoms with E-state index >= 15 is 0 Å². The lowest BCUT2D eigenvalue weighted by Gasteiger charge is -2.23. The van der Waals surface area contributed by atoms with Crippen LogP contribution in [0.2, 0.25) is 0 Å². The van der Waals surface area contributed by atoms with Gasteiger partial charge >= 0.3 is 0 Å². The topological polar surface area (TPSA) is 41.6 Å². The van der Waals surface area contributed by atoms with Crippen molar-refractivity contribution < 1.29 is 9.53 Å². The van der Waals surface area contributed by atoms with Crippen molar-refractivity contribution in [3.8, 4) is 5.75 Å². The van der Waals surface area contributed by atoms with Crippen LogP contribution in [0, 0.1) is 0 Å². The number of hydrogen-bond acceptors (Lipinski definition) is 3. The van der Waals surface area contributed by atoms with E-state index in [0.29, 0.717) is 0 Å². The molecule has 0 aliphatic rings. The van der Waals surface area contributed by atoms with Gasteiger partial charge in [-0.25, -0.2) is 0 Å². The van der Waals surface area contributed by atoms with Gasteiger partial charge in [0.15, 0.2) is 0 Å². The number of benzene rings is 1. The number of hydrogen-bond donors (Lipinski definition) is 1. The summed E-state index contributed by atoms with van der Waals surface area (Å²) in [6.45, 7) is 3.89. The lowest BCUT2D eigenvalue weighted by atomic mass is 10.1. The highest BCUT2D eigenvalue weighted by Crippen LogP contribution is 2.24. The summed E-state index contributed by atoms with van der Waals surface area (Å²) in [6.07, 6.45) is 0. The Balaban J connectivity index is 2.76. The van der Waals surface area contributed by atoms with Gasteiger partial charge in [-0.05, 0) is 19.9 Å². The minimum atomic E-state index is -0.222. The molecule has 0 aromatic heterocycles. The second-order valence-corrected chi connectivity index (χ2v) is 4.58. The minimum Gasteiger partial charge on any atom is -0.496 e. The number of carbonyl (C=O) groups excluding carboxylic acids is 1. The van der Waals surface area contributed by atoms with E-state index in [1.807, 2.05) is 38.1 Å². The molecule has 1 amide bonds. The average molecular weight is 250 g/mol. The Kier molecular flexibility index (Phi) is 5.16. The average Bonchev–Trinajstić information content (AvgIpc) is 2.37. The van der Waals surface area contributed by atoms with E-state index in [9.17, 15) is 4.79 Å². The third kappa shape index (κ3) is 3.47. The molecule has 0 saturated carbocycles. The first kappa shape index (κ1) is 14.5. The van der Waals surface area contributed by atoms with Crippen LogP contribution < -0.4 is 10.1 Å². The number of para-hydroxylation sites is 1. The molecule has 0 radical (unpaired) electrons. The molecule has 4 heteroatoms. The van der Waals surface area contributed by atoms with Crippen LogP contribution in [0.4, 0.5) is 0 Å². The van der Waals surface area contributed by atoms with Crippen molar-refractivity contribution in [2.75, 3.05) is 21.2 Å². The number of ether oxygens (including phenoxy) is 1. The van der Waals surface area contributed by atoms with E-state index < -0.39 is 0 Å². The zero-order valence-corrected chi connectivity index (χ0v) is 11.7. The van der Waals surface area contributed by atoms with Gasteiger partial charge in [-0.1, -0.05) is 18.2 Å². The fourth-order valence-corrected chi connectivity index (χ4v) is 1.95. The van der Waals surface area contributed by atoms with Crippen LogP contribution in [0.3, 0.4) is 0 Å². The van der Waals surface area contributed by atoms with Crippen LogP contribution >= 0.6 is 0 Å². The van der Waals surface area contributed by atoms with E-state index in [2.05, 4.69) is 5.32 Å². The zero-order chi connectivity index (χ0) is 13.7. The Morgan fingerprint density at radius 1 is 1.28 bits per heavy atom. The molecule has 1 aromatic rings. The molecule has 0 fully saturated rings. The van der Waals surface area contributed by atoms with Crippen molar-refractivity contribution in [3.63, 3.8) is 0 Å². The maximum absolute atomic E-state index is 11.8. The number of methoxy groups -OCH3 is 1. The lowest BCUT2D eigenvalue weighted by molar-refractivity contribution is -0.130. The second-order valence-electron chi connectivity index (χ2n) is 4.58. The number of amides is 1. The summed E-state index contributed by atoms with van der Waals surface area (Å²) < 4.78 is 5.32. The number of nitrogens with zero attached hydrogens (tertiary/aromatic N) is 1. The molecule has 4 nitrogen and oxygen atoms in total. The van der Waals surface area contributed by atoms with Gasteiger partial charge in [-0.2, -0.15) is 0 Å². The third-order valence-electron chi connectivity index (χ3n) is 2.92. The quantitative estimate of drug-likeness (QED) is 0.866. The Hall–Kier alpha value is -1.55. The molecule has 100 valence electrons. The first-order chi connectivity index (χ1) is 8.47. The van der Waals surface area contributed by atoms with Crippen molar-refractivity contribution in [1.29, 1.82) is 0 Å². The van der Waals surface area contributed by atoms with Gasteiger partial charge in [0.25, 0.3) is 0 Å². The predicted molar refractivity (Wildman–Crippen MR) is 72.7 cm³/mol. The standard InChI is InChI=1S/C14H22N2O2/c1-10(15-11(2)14(17)16(3)4)12-8-6-7-9-13(12)18-5/h6-11,15H,1-5H3. The van der Waals surface area contributed by atoms with Crippen LogP contribution in [-0.2, 0) is 4.79 Å². The summed E-state index contributed by atoms with van der Waals surface area (Å²) >= 11 is 0. The first-order valence-electron chi connectivity index (χ1n) is 6.07. The molecule has 0 aliphatic heterocycles. The second kappa shape index (κ2) is 6.40. The molecular formula is C14H22N2O2. The van der Waals surface area contributed by atoms with E-state index in [1.165, 1.54) is 0 Å². The Labute approximate surface area is 109 Å². The highest BCUT2D eigenvalue weighted by molar-refractivity contribution is 5.80. The monoisotopic (exact) mass is 250 g/mol. The van der Waals surface area contributed by atoms with Gasteiger partial charge < -0.3 is 9.64 Å². The Bertz CT molecular complexity index is 405.